The fourth-order valence-corrected chi connectivity index (χ4v) is 3.44. The molecule has 1 fully saturated rings. The van der Waals surface area contributed by atoms with E-state index in [0.717, 1.165) is 18.5 Å². The third-order valence-corrected chi connectivity index (χ3v) is 4.92. The summed E-state index contributed by atoms with van der Waals surface area (Å²) in [5.41, 5.74) is 1.98. The van der Waals surface area contributed by atoms with E-state index in [-0.39, 0.29) is 22.9 Å². The lowest BCUT2D eigenvalue weighted by molar-refractivity contribution is 0.0301. The summed E-state index contributed by atoms with van der Waals surface area (Å²) in [6.45, 7) is 7.82. The second-order valence-corrected chi connectivity index (χ2v) is 7.64. The van der Waals surface area contributed by atoms with Gasteiger partial charge in [0.15, 0.2) is 0 Å². The van der Waals surface area contributed by atoms with Crippen LogP contribution in [-0.4, -0.2) is 44.7 Å². The average Bonchev–Trinajstić information content (AvgIpc) is 3.11. The van der Waals surface area contributed by atoms with Crippen LogP contribution in [0.25, 0.3) is 5.65 Å². The minimum Gasteiger partial charge on any atom is -0.381 e. The molecule has 1 N–H and O–H groups in total. The van der Waals surface area contributed by atoms with Crippen LogP contribution in [0.1, 0.15) is 55.4 Å². The summed E-state index contributed by atoms with van der Waals surface area (Å²) in [6.07, 6.45) is 1.64. The number of aromatic amines is 1. The first kappa shape index (κ1) is 15.4. The lowest BCUT2D eigenvalue weighted by atomic mass is 9.93. The van der Waals surface area contributed by atoms with Crippen molar-refractivity contribution >= 4 is 11.6 Å². The quantitative estimate of drug-likeness (QED) is 0.858. The van der Waals surface area contributed by atoms with Crippen molar-refractivity contribution in [2.45, 2.75) is 51.6 Å². The Balaban J connectivity index is 1.77. The first-order valence-corrected chi connectivity index (χ1v) is 8.40. The Labute approximate surface area is 139 Å². The smallest absolute Gasteiger partial charge is 0.280 e. The van der Waals surface area contributed by atoms with E-state index in [0.29, 0.717) is 36.7 Å². The standard InChI is InChI=1S/C17H22N4O3/c1-17(2,3)12-8-13-18-14-11(15(22)21(13)19-12)9-20(16(14)23)10-4-6-24-7-5-10/h8,10,18H,4-7,9H2,1-3H3. The zero-order valence-electron chi connectivity index (χ0n) is 14.3. The highest BCUT2D eigenvalue weighted by Gasteiger charge is 2.37. The van der Waals surface area contributed by atoms with Crippen molar-refractivity contribution in [1.82, 2.24) is 19.5 Å². The van der Waals surface area contributed by atoms with Gasteiger partial charge in [0.2, 0.25) is 0 Å². The lowest BCUT2D eigenvalue weighted by Crippen LogP contribution is -2.39. The maximum atomic E-state index is 12.8. The Morgan fingerprint density at radius 3 is 2.62 bits per heavy atom. The van der Waals surface area contributed by atoms with Gasteiger partial charge in [0.1, 0.15) is 11.3 Å². The number of ether oxygens (including phenoxy) is 1. The third-order valence-electron chi connectivity index (χ3n) is 4.92. The minimum absolute atomic E-state index is 0.0880. The highest BCUT2D eigenvalue weighted by Crippen LogP contribution is 2.27. The Bertz CT molecular complexity index is 868. The van der Waals surface area contributed by atoms with Gasteiger partial charge < -0.3 is 14.6 Å². The van der Waals surface area contributed by atoms with Crippen LogP contribution in [0.4, 0.5) is 0 Å². The maximum Gasteiger partial charge on any atom is 0.280 e. The molecular weight excluding hydrogens is 308 g/mol. The number of carbonyl (C=O) groups is 1. The molecule has 0 saturated carbocycles. The maximum absolute atomic E-state index is 12.8. The number of aromatic nitrogens is 3. The van der Waals surface area contributed by atoms with E-state index in [4.69, 9.17) is 4.74 Å². The molecule has 24 heavy (non-hydrogen) atoms. The molecule has 128 valence electrons. The minimum atomic E-state index is -0.197. The van der Waals surface area contributed by atoms with Gasteiger partial charge in [0, 0.05) is 30.7 Å². The van der Waals surface area contributed by atoms with Gasteiger partial charge >= 0.3 is 0 Å². The highest BCUT2D eigenvalue weighted by atomic mass is 16.5. The van der Waals surface area contributed by atoms with E-state index < -0.39 is 0 Å². The average molecular weight is 330 g/mol. The second kappa shape index (κ2) is 5.17. The van der Waals surface area contributed by atoms with E-state index in [1.54, 1.807) is 4.90 Å². The van der Waals surface area contributed by atoms with Crippen molar-refractivity contribution in [3.05, 3.63) is 33.4 Å². The van der Waals surface area contributed by atoms with Gasteiger partial charge in [-0.15, -0.1) is 0 Å². The van der Waals surface area contributed by atoms with Crippen LogP contribution in [0, 0.1) is 0 Å². The predicted octanol–water partition coefficient (Wildman–Crippen LogP) is 1.45. The molecule has 2 aromatic rings. The molecule has 4 rings (SSSR count). The zero-order chi connectivity index (χ0) is 17.1. The molecule has 7 heteroatoms. The van der Waals surface area contributed by atoms with Crippen molar-refractivity contribution < 1.29 is 9.53 Å². The van der Waals surface area contributed by atoms with Crippen LogP contribution in [0.15, 0.2) is 10.9 Å². The topological polar surface area (TPSA) is 79.7 Å². The monoisotopic (exact) mass is 330 g/mol. The number of rotatable bonds is 1. The van der Waals surface area contributed by atoms with Gasteiger partial charge in [-0.1, -0.05) is 20.8 Å². The number of fused-ring (bicyclic) bond motifs is 2. The van der Waals surface area contributed by atoms with Gasteiger partial charge in [-0.3, -0.25) is 9.59 Å². The molecule has 2 aromatic heterocycles. The number of nitrogens with one attached hydrogen (secondary N) is 1. The first-order chi connectivity index (χ1) is 11.4. The van der Waals surface area contributed by atoms with E-state index in [2.05, 4.69) is 10.1 Å². The molecule has 7 nitrogen and oxygen atoms in total. The largest absolute Gasteiger partial charge is 0.381 e. The van der Waals surface area contributed by atoms with Crippen molar-refractivity contribution in [3.63, 3.8) is 0 Å². The lowest BCUT2D eigenvalue weighted by Gasteiger charge is -2.30. The highest BCUT2D eigenvalue weighted by molar-refractivity contribution is 5.97. The van der Waals surface area contributed by atoms with E-state index in [1.165, 1.54) is 4.52 Å². The van der Waals surface area contributed by atoms with Crippen molar-refractivity contribution in [2.75, 3.05) is 13.2 Å². The van der Waals surface area contributed by atoms with Gasteiger partial charge in [-0.25, -0.2) is 0 Å². The molecule has 2 aliphatic rings. The van der Waals surface area contributed by atoms with E-state index >= 15 is 0 Å². The van der Waals surface area contributed by atoms with E-state index in [9.17, 15) is 9.59 Å². The number of carbonyl (C=O) groups excluding carboxylic acids is 1. The van der Waals surface area contributed by atoms with Crippen LogP contribution in [-0.2, 0) is 16.7 Å². The normalized spacial score (nSPS) is 19.3. The van der Waals surface area contributed by atoms with Crippen LogP contribution in [0.3, 0.4) is 0 Å². The summed E-state index contributed by atoms with van der Waals surface area (Å²) in [4.78, 5) is 30.5. The molecular formula is C17H22N4O3. The van der Waals surface area contributed by atoms with Crippen LogP contribution in [0.5, 0.6) is 0 Å². The second-order valence-electron chi connectivity index (χ2n) is 7.64. The van der Waals surface area contributed by atoms with Crippen molar-refractivity contribution in [1.29, 1.82) is 0 Å². The fourth-order valence-electron chi connectivity index (χ4n) is 3.44. The molecule has 2 aliphatic heterocycles. The number of nitrogens with zero attached hydrogens (tertiary/aromatic N) is 3. The summed E-state index contributed by atoms with van der Waals surface area (Å²) in [7, 11) is 0. The fraction of sp³-hybridized carbons (Fsp3) is 0.588. The third kappa shape index (κ3) is 2.26. The molecule has 4 heterocycles. The first-order valence-electron chi connectivity index (χ1n) is 8.40. The molecule has 0 spiro atoms. The van der Waals surface area contributed by atoms with E-state index in [1.807, 2.05) is 26.8 Å². The van der Waals surface area contributed by atoms with Crippen molar-refractivity contribution in [3.8, 4) is 0 Å². The zero-order valence-corrected chi connectivity index (χ0v) is 14.3. The molecule has 0 bridgehead atoms. The molecule has 0 atom stereocenters. The number of H-pyrrole nitrogens is 1. The van der Waals surface area contributed by atoms with Crippen LogP contribution >= 0.6 is 0 Å². The Morgan fingerprint density at radius 1 is 1.25 bits per heavy atom. The molecule has 0 unspecified atom stereocenters. The number of amides is 1. The van der Waals surface area contributed by atoms with Crippen molar-refractivity contribution in [2.24, 2.45) is 0 Å². The summed E-state index contributed by atoms with van der Waals surface area (Å²) in [5.74, 6) is -0.0880. The van der Waals surface area contributed by atoms with Gasteiger partial charge in [-0.2, -0.15) is 9.61 Å². The molecule has 1 amide bonds. The molecule has 0 aliphatic carbocycles. The number of hydrogen-bond acceptors (Lipinski definition) is 4. The van der Waals surface area contributed by atoms with Gasteiger partial charge in [0.05, 0.1) is 17.8 Å². The predicted molar refractivity (Wildman–Crippen MR) is 88.2 cm³/mol. The summed E-state index contributed by atoms with van der Waals surface area (Å²) in [6, 6.07) is 2.00. The van der Waals surface area contributed by atoms with Gasteiger partial charge in [-0.05, 0) is 12.8 Å². The molecule has 0 aromatic carbocycles. The summed E-state index contributed by atoms with van der Waals surface area (Å²) in [5, 5.41) is 4.45. The van der Waals surface area contributed by atoms with Crippen LogP contribution < -0.4 is 5.56 Å². The SMILES string of the molecule is CC(C)(C)c1cc2[nH]c3c(c(=O)n2n1)CN(C1CCOCC1)C3=O. The Kier molecular flexibility index (Phi) is 3.32. The number of hydrogen-bond donors (Lipinski definition) is 1. The Morgan fingerprint density at radius 2 is 1.96 bits per heavy atom. The van der Waals surface area contributed by atoms with Crippen LogP contribution in [0.2, 0.25) is 0 Å². The Hall–Kier alpha value is -2.15. The molecule has 0 radical (unpaired) electrons. The molecule has 1 saturated heterocycles. The summed E-state index contributed by atoms with van der Waals surface area (Å²) >= 11 is 0. The summed E-state index contributed by atoms with van der Waals surface area (Å²) < 4.78 is 6.76. The van der Waals surface area contributed by atoms with Gasteiger partial charge in [0.25, 0.3) is 11.5 Å².